The van der Waals surface area contributed by atoms with Crippen LogP contribution in [0.1, 0.15) is 32.1 Å². The van der Waals surface area contributed by atoms with E-state index in [2.05, 4.69) is 10.6 Å². The Bertz CT molecular complexity index is 680. The third-order valence-electron chi connectivity index (χ3n) is 5.51. The highest BCUT2D eigenvalue weighted by molar-refractivity contribution is 5.99. The molecule has 27 heavy (non-hydrogen) atoms. The summed E-state index contributed by atoms with van der Waals surface area (Å²) in [6.45, 7) is 2.67. The van der Waals surface area contributed by atoms with Gasteiger partial charge >= 0.3 is 0 Å². The van der Waals surface area contributed by atoms with E-state index < -0.39 is 5.41 Å². The van der Waals surface area contributed by atoms with Gasteiger partial charge in [0.2, 0.25) is 11.8 Å². The summed E-state index contributed by atoms with van der Waals surface area (Å²) in [6, 6.07) is 5.45. The maximum atomic E-state index is 13.1. The van der Waals surface area contributed by atoms with Crippen molar-refractivity contribution in [1.29, 1.82) is 0 Å². The van der Waals surface area contributed by atoms with Crippen molar-refractivity contribution in [3.63, 3.8) is 0 Å². The lowest BCUT2D eigenvalue weighted by Crippen LogP contribution is -2.47. The van der Waals surface area contributed by atoms with Crippen molar-refractivity contribution in [2.75, 3.05) is 50.7 Å². The van der Waals surface area contributed by atoms with Crippen molar-refractivity contribution in [2.24, 2.45) is 5.41 Å². The van der Waals surface area contributed by atoms with Crippen molar-refractivity contribution < 1.29 is 19.1 Å². The van der Waals surface area contributed by atoms with Crippen LogP contribution in [-0.2, 0) is 14.3 Å². The second kappa shape index (κ2) is 8.71. The van der Waals surface area contributed by atoms with Crippen LogP contribution in [0.2, 0.25) is 0 Å². The minimum absolute atomic E-state index is 0.0352. The van der Waals surface area contributed by atoms with Crippen molar-refractivity contribution in [3.05, 3.63) is 18.2 Å². The van der Waals surface area contributed by atoms with Gasteiger partial charge in [-0.3, -0.25) is 9.59 Å². The van der Waals surface area contributed by atoms with E-state index in [0.29, 0.717) is 36.7 Å². The summed E-state index contributed by atoms with van der Waals surface area (Å²) in [7, 11) is 3.22. The van der Waals surface area contributed by atoms with E-state index in [0.717, 1.165) is 38.8 Å². The van der Waals surface area contributed by atoms with Crippen LogP contribution in [0, 0.1) is 5.41 Å². The molecule has 2 aliphatic heterocycles. The van der Waals surface area contributed by atoms with Gasteiger partial charge in [0, 0.05) is 25.8 Å². The van der Waals surface area contributed by atoms with Gasteiger partial charge in [0.1, 0.15) is 5.75 Å². The molecule has 2 aliphatic rings. The second-order valence-electron chi connectivity index (χ2n) is 7.31. The molecule has 2 amide bonds. The summed E-state index contributed by atoms with van der Waals surface area (Å²) in [5, 5.41) is 6.34. The summed E-state index contributed by atoms with van der Waals surface area (Å²) < 4.78 is 10.8. The van der Waals surface area contributed by atoms with Crippen LogP contribution in [0.25, 0.3) is 0 Å². The number of amides is 2. The number of nitrogens with one attached hydrogen (secondary N) is 2. The molecule has 3 rings (SSSR count). The summed E-state index contributed by atoms with van der Waals surface area (Å²) >= 11 is 0. The molecule has 0 saturated carbocycles. The van der Waals surface area contributed by atoms with Crippen LogP contribution in [0.5, 0.6) is 5.75 Å². The van der Waals surface area contributed by atoms with Gasteiger partial charge in [0.05, 0.1) is 24.8 Å². The van der Waals surface area contributed by atoms with Crippen LogP contribution in [0.15, 0.2) is 18.2 Å². The third kappa shape index (κ3) is 4.25. The Labute approximate surface area is 160 Å². The Hall–Kier alpha value is -2.12. The first kappa shape index (κ1) is 19.6. The zero-order valence-corrected chi connectivity index (χ0v) is 16.2. The van der Waals surface area contributed by atoms with E-state index >= 15 is 0 Å². The van der Waals surface area contributed by atoms with Gasteiger partial charge in [-0.15, -0.1) is 0 Å². The average Bonchev–Trinajstić information content (AvgIpc) is 2.69. The maximum absolute atomic E-state index is 13.1. The zero-order chi connectivity index (χ0) is 19.3. The fraction of sp³-hybridized carbons (Fsp3) is 0.600. The first-order valence-corrected chi connectivity index (χ1v) is 9.59. The number of carbonyl (C=O) groups excluding carboxylic acids is 2. The van der Waals surface area contributed by atoms with Crippen LogP contribution in [0.4, 0.5) is 11.4 Å². The van der Waals surface area contributed by atoms with E-state index in [-0.39, 0.29) is 11.8 Å². The van der Waals surface area contributed by atoms with Gasteiger partial charge in [0.15, 0.2) is 0 Å². The van der Waals surface area contributed by atoms with Crippen molar-refractivity contribution in [2.45, 2.75) is 32.1 Å². The highest BCUT2D eigenvalue weighted by Gasteiger charge is 2.39. The predicted octanol–water partition coefficient (Wildman–Crippen LogP) is 2.17. The monoisotopic (exact) mass is 375 g/mol. The highest BCUT2D eigenvalue weighted by Crippen LogP contribution is 2.35. The quantitative estimate of drug-likeness (QED) is 0.797. The topological polar surface area (TPSA) is 79.9 Å². The lowest BCUT2D eigenvalue weighted by Gasteiger charge is -2.35. The number of nitrogens with zero attached hydrogens (tertiary/aromatic N) is 1. The summed E-state index contributed by atoms with van der Waals surface area (Å²) in [5.74, 6) is 0.695. The zero-order valence-electron chi connectivity index (χ0n) is 16.2. The first-order valence-electron chi connectivity index (χ1n) is 9.59. The minimum atomic E-state index is -0.527. The maximum Gasteiger partial charge on any atom is 0.233 e. The molecule has 2 heterocycles. The van der Waals surface area contributed by atoms with Crippen LogP contribution < -0.4 is 20.3 Å². The first-order chi connectivity index (χ1) is 13.1. The van der Waals surface area contributed by atoms with Gasteiger partial charge in [-0.25, -0.2) is 0 Å². The number of carbonyl (C=O) groups is 2. The largest absolute Gasteiger partial charge is 0.495 e. The molecule has 7 heteroatoms. The lowest BCUT2D eigenvalue weighted by molar-refractivity contribution is -0.130. The minimum Gasteiger partial charge on any atom is -0.495 e. The molecule has 0 aromatic heterocycles. The Kier molecular flexibility index (Phi) is 6.34. The molecule has 0 spiro atoms. The number of methoxy groups -OCH3 is 2. The molecule has 0 unspecified atom stereocenters. The SMILES string of the molecule is COCC1(C(=O)Nc2ccc(OC)c(N3CCCCC3=O)c2)CCNCC1. The number of hydrogen-bond acceptors (Lipinski definition) is 5. The molecule has 148 valence electrons. The smallest absolute Gasteiger partial charge is 0.233 e. The molecule has 0 aliphatic carbocycles. The fourth-order valence-corrected chi connectivity index (χ4v) is 3.92. The number of anilines is 2. The fourth-order valence-electron chi connectivity index (χ4n) is 3.92. The van der Waals surface area contributed by atoms with E-state index in [1.807, 2.05) is 12.1 Å². The second-order valence-corrected chi connectivity index (χ2v) is 7.31. The molecule has 0 bridgehead atoms. The van der Waals surface area contributed by atoms with Crippen molar-refractivity contribution >= 4 is 23.2 Å². The average molecular weight is 375 g/mol. The van der Waals surface area contributed by atoms with Crippen LogP contribution in [0.3, 0.4) is 0 Å². The normalized spacial score (nSPS) is 19.6. The molecule has 2 saturated heterocycles. The number of piperidine rings is 2. The molecule has 2 N–H and O–H groups in total. The Morgan fingerprint density at radius 3 is 2.70 bits per heavy atom. The molecule has 0 radical (unpaired) electrons. The van der Waals surface area contributed by atoms with Gasteiger partial charge in [0.25, 0.3) is 0 Å². The van der Waals surface area contributed by atoms with Crippen LogP contribution >= 0.6 is 0 Å². The van der Waals surface area contributed by atoms with Crippen LogP contribution in [-0.4, -0.2) is 52.3 Å². The number of rotatable bonds is 6. The molecule has 7 nitrogen and oxygen atoms in total. The number of hydrogen-bond donors (Lipinski definition) is 2. The molecular formula is C20H29N3O4. The molecule has 0 atom stereocenters. The third-order valence-corrected chi connectivity index (χ3v) is 5.51. The van der Waals surface area contributed by atoms with Gasteiger partial charge in [-0.05, 0) is 57.0 Å². The summed E-state index contributed by atoms with van der Waals surface area (Å²) in [6.07, 6.45) is 3.90. The molecule has 1 aromatic rings. The Morgan fingerprint density at radius 1 is 1.26 bits per heavy atom. The highest BCUT2D eigenvalue weighted by atomic mass is 16.5. The van der Waals surface area contributed by atoms with E-state index in [1.54, 1.807) is 25.2 Å². The predicted molar refractivity (Wildman–Crippen MR) is 104 cm³/mol. The van der Waals surface area contributed by atoms with E-state index in [1.165, 1.54) is 0 Å². The van der Waals surface area contributed by atoms with E-state index in [4.69, 9.17) is 9.47 Å². The standard InChI is InChI=1S/C20H29N3O4/c1-26-14-20(8-10-21-11-9-20)19(25)22-15-6-7-17(27-2)16(13-15)23-12-4-3-5-18(23)24/h6-7,13,21H,3-5,8-12,14H2,1-2H3,(H,22,25). The molecule has 1 aromatic carbocycles. The van der Waals surface area contributed by atoms with Gasteiger partial charge in [-0.1, -0.05) is 0 Å². The van der Waals surface area contributed by atoms with Crippen molar-refractivity contribution in [1.82, 2.24) is 5.32 Å². The summed E-state index contributed by atoms with van der Waals surface area (Å²) in [4.78, 5) is 27.2. The Morgan fingerprint density at radius 2 is 2.04 bits per heavy atom. The molecule has 2 fully saturated rings. The number of ether oxygens (including phenoxy) is 2. The lowest BCUT2D eigenvalue weighted by atomic mass is 9.78. The van der Waals surface area contributed by atoms with Gasteiger partial charge < -0.3 is 25.0 Å². The van der Waals surface area contributed by atoms with E-state index in [9.17, 15) is 9.59 Å². The summed E-state index contributed by atoms with van der Waals surface area (Å²) in [5.41, 5.74) is 0.857. The van der Waals surface area contributed by atoms with Gasteiger partial charge in [-0.2, -0.15) is 0 Å². The Balaban J connectivity index is 1.83. The number of benzene rings is 1. The molecular weight excluding hydrogens is 346 g/mol. The van der Waals surface area contributed by atoms with Crippen molar-refractivity contribution in [3.8, 4) is 5.75 Å².